The predicted molar refractivity (Wildman–Crippen MR) is 159 cm³/mol. The summed E-state index contributed by atoms with van der Waals surface area (Å²) >= 11 is 0. The maximum atomic E-state index is 15.5. The Hall–Kier alpha value is -4.43. The summed E-state index contributed by atoms with van der Waals surface area (Å²) in [6, 6.07) is 21.0. The van der Waals surface area contributed by atoms with Crippen LogP contribution in [0.4, 0.5) is 8.78 Å². The molecule has 0 radical (unpaired) electrons. The number of hydrogen-bond acceptors (Lipinski definition) is 5. The third kappa shape index (κ3) is 5.79. The van der Waals surface area contributed by atoms with Crippen molar-refractivity contribution in [2.75, 3.05) is 6.61 Å². The van der Waals surface area contributed by atoms with Crippen LogP contribution in [0.5, 0.6) is 5.88 Å². The highest BCUT2D eigenvalue weighted by molar-refractivity contribution is 5.99. The van der Waals surface area contributed by atoms with Crippen LogP contribution in [0.25, 0.3) is 22.3 Å². The number of hydrogen-bond donors (Lipinski definition) is 0. The van der Waals surface area contributed by atoms with Crippen molar-refractivity contribution in [3.05, 3.63) is 113 Å². The third-order valence-corrected chi connectivity index (χ3v) is 8.24. The lowest BCUT2D eigenvalue weighted by atomic mass is 10.0. The van der Waals surface area contributed by atoms with Crippen LogP contribution in [0.1, 0.15) is 52.1 Å². The zero-order valence-electron chi connectivity index (χ0n) is 23.9. The first-order chi connectivity index (χ1) is 20.9. The van der Waals surface area contributed by atoms with Crippen molar-refractivity contribution in [1.82, 2.24) is 14.5 Å². The van der Waals surface area contributed by atoms with Gasteiger partial charge in [-0.15, -0.1) is 0 Å². The van der Waals surface area contributed by atoms with Gasteiger partial charge in [-0.2, -0.15) is 0 Å². The quantitative estimate of drug-likeness (QED) is 0.163. The molecule has 0 N–H and O–H groups in total. The van der Waals surface area contributed by atoms with Gasteiger partial charge < -0.3 is 14.0 Å². The molecule has 2 aliphatic rings. The van der Waals surface area contributed by atoms with E-state index >= 15 is 4.39 Å². The second-order valence-electron chi connectivity index (χ2n) is 11.5. The summed E-state index contributed by atoms with van der Waals surface area (Å²) in [6.07, 6.45) is 3.25. The van der Waals surface area contributed by atoms with Gasteiger partial charge in [0, 0.05) is 41.7 Å². The molecule has 3 heterocycles. The lowest BCUT2D eigenvalue weighted by molar-refractivity contribution is -0.0589. The molecule has 2 aromatic heterocycles. The van der Waals surface area contributed by atoms with Gasteiger partial charge in [0.15, 0.2) is 5.78 Å². The van der Waals surface area contributed by atoms with Crippen LogP contribution < -0.4 is 4.74 Å². The molecule has 1 atom stereocenters. The summed E-state index contributed by atoms with van der Waals surface area (Å²) in [5, 5.41) is 0. The average molecular weight is 580 g/mol. The standard InChI is InChI=1S/C35H31F2N3O3/c1-21-5-12-31-32(15-21)40(19-27-13-14-42-27)33(38-31)18-23-8-9-24(16-28(23)36)30-3-2-4-34(39-30)43-20-26-11-10-25(17-29(26)37)35(41)22-6-7-22/h2-5,8-12,15-17,22,27H,6-7,13-14,18-20H2,1H3. The summed E-state index contributed by atoms with van der Waals surface area (Å²) in [4.78, 5) is 21.6. The van der Waals surface area contributed by atoms with Gasteiger partial charge in [-0.05, 0) is 67.6 Å². The predicted octanol–water partition coefficient (Wildman–Crippen LogP) is 7.24. The summed E-state index contributed by atoms with van der Waals surface area (Å²) in [5.74, 6) is 0.297. The Kier molecular flexibility index (Phi) is 7.23. The minimum atomic E-state index is -0.482. The van der Waals surface area contributed by atoms with Gasteiger partial charge in [-0.3, -0.25) is 4.79 Å². The number of rotatable bonds is 10. The molecule has 1 aliphatic carbocycles. The fourth-order valence-electron chi connectivity index (χ4n) is 5.48. The number of ketones is 1. The van der Waals surface area contributed by atoms with E-state index in [1.807, 2.05) is 18.2 Å². The molecule has 8 heteroatoms. The molecule has 7 rings (SSSR count). The molecule has 0 bridgehead atoms. The first-order valence-electron chi connectivity index (χ1n) is 14.7. The fraction of sp³-hybridized carbons (Fsp3) is 0.286. The number of Topliss-reactive ketones (excluding diaryl/α,β-unsaturated/α-hetero) is 1. The minimum absolute atomic E-state index is 0.00371. The molecule has 1 saturated heterocycles. The maximum Gasteiger partial charge on any atom is 0.214 e. The van der Waals surface area contributed by atoms with Crippen LogP contribution in [-0.4, -0.2) is 33.0 Å². The largest absolute Gasteiger partial charge is 0.473 e. The average Bonchev–Trinajstić information content (AvgIpc) is 3.78. The highest BCUT2D eigenvalue weighted by Gasteiger charge is 2.30. The smallest absolute Gasteiger partial charge is 0.214 e. The molecule has 0 amide bonds. The van der Waals surface area contributed by atoms with Crippen molar-refractivity contribution in [3.63, 3.8) is 0 Å². The number of fused-ring (bicyclic) bond motifs is 1. The van der Waals surface area contributed by atoms with Crippen LogP contribution in [0.3, 0.4) is 0 Å². The normalized spacial score (nSPS) is 16.3. The van der Waals surface area contributed by atoms with E-state index in [4.69, 9.17) is 14.5 Å². The Morgan fingerprint density at radius 2 is 1.77 bits per heavy atom. The van der Waals surface area contributed by atoms with Crippen molar-refractivity contribution in [2.45, 2.75) is 51.9 Å². The number of ether oxygens (including phenoxy) is 2. The van der Waals surface area contributed by atoms with Gasteiger partial charge in [-0.25, -0.2) is 18.7 Å². The monoisotopic (exact) mass is 579 g/mol. The number of carbonyl (C=O) groups is 1. The second-order valence-corrected chi connectivity index (χ2v) is 11.5. The number of carbonyl (C=O) groups excluding carboxylic acids is 1. The zero-order chi connectivity index (χ0) is 29.5. The Labute approximate surface area is 248 Å². The molecular weight excluding hydrogens is 548 g/mol. The third-order valence-electron chi connectivity index (χ3n) is 8.24. The molecule has 2 fully saturated rings. The second kappa shape index (κ2) is 11.3. The van der Waals surface area contributed by atoms with Crippen molar-refractivity contribution >= 4 is 16.8 Å². The number of halogens is 2. The van der Waals surface area contributed by atoms with Crippen LogP contribution in [0, 0.1) is 24.5 Å². The van der Waals surface area contributed by atoms with Gasteiger partial charge >= 0.3 is 0 Å². The number of aromatic nitrogens is 3. The van der Waals surface area contributed by atoms with E-state index in [1.54, 1.807) is 36.4 Å². The van der Waals surface area contributed by atoms with Crippen LogP contribution >= 0.6 is 0 Å². The van der Waals surface area contributed by atoms with E-state index in [0.717, 1.165) is 48.3 Å². The molecule has 3 aromatic carbocycles. The summed E-state index contributed by atoms with van der Waals surface area (Å²) < 4.78 is 43.8. The van der Waals surface area contributed by atoms with Gasteiger partial charge in [0.05, 0.1) is 29.4 Å². The summed E-state index contributed by atoms with van der Waals surface area (Å²) in [5.41, 5.74) is 5.48. The first kappa shape index (κ1) is 27.4. The summed E-state index contributed by atoms with van der Waals surface area (Å²) in [6.45, 7) is 3.48. The van der Waals surface area contributed by atoms with Crippen molar-refractivity contribution in [3.8, 4) is 17.1 Å². The molecule has 0 spiro atoms. The Morgan fingerprint density at radius 1 is 0.953 bits per heavy atom. The SMILES string of the molecule is Cc1ccc2nc(Cc3ccc(-c4cccc(OCc5ccc(C(=O)C6CC6)cc5F)n4)cc3F)n(CC3CCO3)c2c1. The van der Waals surface area contributed by atoms with Crippen LogP contribution in [-0.2, 0) is 24.3 Å². The van der Waals surface area contributed by atoms with E-state index in [9.17, 15) is 9.18 Å². The number of pyridine rings is 1. The maximum absolute atomic E-state index is 15.5. The van der Waals surface area contributed by atoms with Crippen molar-refractivity contribution in [1.29, 1.82) is 0 Å². The van der Waals surface area contributed by atoms with E-state index in [2.05, 4.69) is 22.5 Å². The van der Waals surface area contributed by atoms with Gasteiger partial charge in [-0.1, -0.05) is 36.4 Å². The highest BCUT2D eigenvalue weighted by atomic mass is 19.1. The van der Waals surface area contributed by atoms with E-state index in [0.29, 0.717) is 46.8 Å². The Balaban J connectivity index is 1.07. The first-order valence-corrected chi connectivity index (χ1v) is 14.7. The van der Waals surface area contributed by atoms with Gasteiger partial charge in [0.25, 0.3) is 0 Å². The van der Waals surface area contributed by atoms with Crippen molar-refractivity contribution in [2.24, 2.45) is 5.92 Å². The highest BCUT2D eigenvalue weighted by Crippen LogP contribution is 2.33. The Bertz CT molecular complexity index is 1840. The molecule has 1 saturated carbocycles. The lowest BCUT2D eigenvalue weighted by Gasteiger charge is -2.27. The minimum Gasteiger partial charge on any atom is -0.473 e. The number of benzene rings is 3. The van der Waals surface area contributed by atoms with Crippen LogP contribution in [0.2, 0.25) is 0 Å². The summed E-state index contributed by atoms with van der Waals surface area (Å²) in [7, 11) is 0. The molecular formula is C35H31F2N3O3. The van der Waals surface area contributed by atoms with Gasteiger partial charge in [0.2, 0.25) is 5.88 Å². The molecule has 6 nitrogen and oxygen atoms in total. The van der Waals surface area contributed by atoms with E-state index < -0.39 is 5.82 Å². The van der Waals surface area contributed by atoms with Crippen molar-refractivity contribution < 1.29 is 23.0 Å². The number of imidazole rings is 1. The molecule has 5 aromatic rings. The van der Waals surface area contributed by atoms with Gasteiger partial charge in [0.1, 0.15) is 24.1 Å². The molecule has 1 unspecified atom stereocenters. The molecule has 1 aliphatic heterocycles. The fourth-order valence-corrected chi connectivity index (χ4v) is 5.48. The number of aryl methyl sites for hydroxylation is 1. The lowest BCUT2D eigenvalue weighted by Crippen LogP contribution is -2.31. The topological polar surface area (TPSA) is 66.2 Å². The van der Waals surface area contributed by atoms with E-state index in [-0.39, 0.29) is 30.2 Å². The van der Waals surface area contributed by atoms with Crippen LogP contribution in [0.15, 0.2) is 72.8 Å². The van der Waals surface area contributed by atoms with E-state index in [1.165, 1.54) is 12.1 Å². The Morgan fingerprint density at radius 3 is 2.51 bits per heavy atom. The number of nitrogens with zero attached hydrogens (tertiary/aromatic N) is 3. The molecule has 218 valence electrons. The zero-order valence-corrected chi connectivity index (χ0v) is 23.9. The molecule has 43 heavy (non-hydrogen) atoms.